The minimum atomic E-state index is -3.51. The molecule has 0 radical (unpaired) electrons. The van der Waals surface area contributed by atoms with Gasteiger partial charge in [0.1, 0.15) is 6.54 Å². The molecule has 1 aliphatic heterocycles. The maximum absolute atomic E-state index is 12.6. The molecule has 2 rings (SSSR count). The molecule has 1 aromatic rings. The average Bonchev–Trinajstić information content (AvgIpc) is 2.44. The van der Waals surface area contributed by atoms with Gasteiger partial charge in [-0.25, -0.2) is 8.42 Å². The van der Waals surface area contributed by atoms with E-state index in [0.29, 0.717) is 24.7 Å². The Hall–Kier alpha value is -1.56. The van der Waals surface area contributed by atoms with E-state index >= 15 is 0 Å². The molecule has 1 atom stereocenters. The predicted octanol–water partition coefficient (Wildman–Crippen LogP) is 2.33. The molecule has 5 nitrogen and oxygen atoms in total. The van der Waals surface area contributed by atoms with Crippen molar-refractivity contribution < 1.29 is 13.2 Å². The first-order valence-corrected chi connectivity index (χ1v) is 9.86. The number of rotatable bonds is 4. The van der Waals surface area contributed by atoms with Gasteiger partial charge >= 0.3 is 0 Å². The summed E-state index contributed by atoms with van der Waals surface area (Å²) < 4.78 is 25.6. The number of amides is 1. The Bertz CT molecular complexity index is 685. The quantitative estimate of drug-likeness (QED) is 0.846. The highest BCUT2D eigenvalue weighted by atomic mass is 32.2. The van der Waals surface area contributed by atoms with Crippen LogP contribution in [0.4, 0.5) is 5.69 Å². The Morgan fingerprint density at radius 2 is 2.04 bits per heavy atom. The Labute approximate surface area is 139 Å². The minimum Gasteiger partial charge on any atom is -0.341 e. The number of nitrogens with zero attached hydrogens (tertiary/aromatic N) is 2. The monoisotopic (exact) mass is 338 g/mol. The van der Waals surface area contributed by atoms with E-state index in [2.05, 4.69) is 6.92 Å². The van der Waals surface area contributed by atoms with Crippen LogP contribution in [0.1, 0.15) is 30.9 Å². The van der Waals surface area contributed by atoms with E-state index in [9.17, 15) is 13.2 Å². The molecule has 1 unspecified atom stereocenters. The molecule has 0 aromatic heterocycles. The Kier molecular flexibility index (Phi) is 5.34. The largest absolute Gasteiger partial charge is 0.341 e. The van der Waals surface area contributed by atoms with Gasteiger partial charge in [0.05, 0.1) is 11.9 Å². The van der Waals surface area contributed by atoms with Crippen LogP contribution in [0, 0.1) is 19.8 Å². The molecule has 128 valence electrons. The number of likely N-dealkylation sites (tertiary alicyclic amines) is 1. The molecule has 0 bridgehead atoms. The summed E-state index contributed by atoms with van der Waals surface area (Å²) in [6.07, 6.45) is 3.25. The summed E-state index contributed by atoms with van der Waals surface area (Å²) in [5.74, 6) is 0.349. The SMILES string of the molecule is Cc1ccc(N(CC(=O)N2CCCC(C)C2)S(C)(=O)=O)c(C)c1. The topological polar surface area (TPSA) is 57.7 Å². The molecule has 1 amide bonds. The highest BCUT2D eigenvalue weighted by molar-refractivity contribution is 7.92. The first-order valence-electron chi connectivity index (χ1n) is 8.01. The maximum atomic E-state index is 12.6. The Morgan fingerprint density at radius 3 is 2.61 bits per heavy atom. The van der Waals surface area contributed by atoms with E-state index in [1.807, 2.05) is 26.0 Å². The third-order valence-electron chi connectivity index (χ3n) is 4.31. The second kappa shape index (κ2) is 6.91. The molecule has 0 N–H and O–H groups in total. The number of anilines is 1. The molecule has 0 spiro atoms. The number of sulfonamides is 1. The number of piperidine rings is 1. The van der Waals surface area contributed by atoms with Crippen LogP contribution in [0.25, 0.3) is 0 Å². The van der Waals surface area contributed by atoms with Crippen molar-refractivity contribution in [2.24, 2.45) is 5.92 Å². The van der Waals surface area contributed by atoms with Gasteiger partial charge in [0.15, 0.2) is 0 Å². The van der Waals surface area contributed by atoms with Crippen LogP contribution < -0.4 is 4.31 Å². The summed E-state index contributed by atoms with van der Waals surface area (Å²) in [5.41, 5.74) is 2.50. The third kappa shape index (κ3) is 4.47. The van der Waals surface area contributed by atoms with Crippen LogP contribution in [0.5, 0.6) is 0 Å². The normalized spacial score (nSPS) is 18.8. The molecule has 1 fully saturated rings. The lowest BCUT2D eigenvalue weighted by Gasteiger charge is -2.33. The van der Waals surface area contributed by atoms with Crippen molar-refractivity contribution in [3.63, 3.8) is 0 Å². The fourth-order valence-corrected chi connectivity index (χ4v) is 4.01. The van der Waals surface area contributed by atoms with Gasteiger partial charge in [0.2, 0.25) is 15.9 Å². The predicted molar refractivity (Wildman–Crippen MR) is 93.1 cm³/mol. The van der Waals surface area contributed by atoms with Gasteiger partial charge < -0.3 is 4.90 Å². The number of carbonyl (C=O) groups excluding carboxylic acids is 1. The lowest BCUT2D eigenvalue weighted by Crippen LogP contribution is -2.46. The van der Waals surface area contributed by atoms with E-state index in [-0.39, 0.29) is 12.5 Å². The summed E-state index contributed by atoms with van der Waals surface area (Å²) in [5, 5.41) is 0. The van der Waals surface area contributed by atoms with Gasteiger partial charge in [0.25, 0.3) is 0 Å². The standard InChI is InChI=1S/C17H26N2O3S/c1-13-7-8-16(15(3)10-13)19(23(4,21)22)12-17(20)18-9-5-6-14(2)11-18/h7-8,10,14H,5-6,9,11-12H2,1-4H3. The molecular formula is C17H26N2O3S. The summed E-state index contributed by atoms with van der Waals surface area (Å²) in [6.45, 7) is 7.25. The number of hydrogen-bond acceptors (Lipinski definition) is 3. The van der Waals surface area contributed by atoms with Crippen LogP contribution >= 0.6 is 0 Å². The van der Waals surface area contributed by atoms with Crippen molar-refractivity contribution in [3.8, 4) is 0 Å². The number of aryl methyl sites for hydroxylation is 2. The zero-order valence-corrected chi connectivity index (χ0v) is 15.2. The molecule has 0 aliphatic carbocycles. The number of carbonyl (C=O) groups is 1. The van der Waals surface area contributed by atoms with Gasteiger partial charge in [-0.1, -0.05) is 24.6 Å². The van der Waals surface area contributed by atoms with Gasteiger partial charge in [-0.2, -0.15) is 0 Å². The Balaban J connectivity index is 2.24. The maximum Gasteiger partial charge on any atom is 0.243 e. The summed E-state index contributed by atoms with van der Waals surface area (Å²) in [7, 11) is -3.51. The van der Waals surface area contributed by atoms with Crippen molar-refractivity contribution in [1.82, 2.24) is 4.90 Å². The second-order valence-electron chi connectivity index (χ2n) is 6.65. The molecule has 0 saturated carbocycles. The van der Waals surface area contributed by atoms with Crippen molar-refractivity contribution in [1.29, 1.82) is 0 Å². The highest BCUT2D eigenvalue weighted by Gasteiger charge is 2.27. The highest BCUT2D eigenvalue weighted by Crippen LogP contribution is 2.24. The van der Waals surface area contributed by atoms with E-state index in [1.54, 1.807) is 11.0 Å². The van der Waals surface area contributed by atoms with Crippen molar-refractivity contribution in [2.45, 2.75) is 33.6 Å². The number of benzene rings is 1. The van der Waals surface area contributed by atoms with Crippen LogP contribution in [0.3, 0.4) is 0 Å². The third-order valence-corrected chi connectivity index (χ3v) is 5.44. The average molecular weight is 338 g/mol. The van der Waals surface area contributed by atoms with E-state index in [4.69, 9.17) is 0 Å². The van der Waals surface area contributed by atoms with Gasteiger partial charge in [-0.05, 0) is 44.2 Å². The first-order chi connectivity index (χ1) is 10.7. The minimum absolute atomic E-state index is 0.123. The summed E-state index contributed by atoms with van der Waals surface area (Å²) >= 11 is 0. The van der Waals surface area contributed by atoms with E-state index in [0.717, 1.165) is 30.2 Å². The van der Waals surface area contributed by atoms with Gasteiger partial charge in [-0.3, -0.25) is 9.10 Å². The van der Waals surface area contributed by atoms with Crippen LogP contribution in [-0.2, 0) is 14.8 Å². The van der Waals surface area contributed by atoms with Crippen molar-refractivity contribution in [3.05, 3.63) is 29.3 Å². The second-order valence-corrected chi connectivity index (χ2v) is 8.55. The van der Waals surface area contributed by atoms with Crippen LogP contribution in [0.15, 0.2) is 18.2 Å². The molecule has 6 heteroatoms. The van der Waals surface area contributed by atoms with Gasteiger partial charge in [0, 0.05) is 13.1 Å². The van der Waals surface area contributed by atoms with Crippen LogP contribution in [-0.4, -0.2) is 45.1 Å². The fourth-order valence-electron chi connectivity index (χ4n) is 3.11. The summed E-state index contributed by atoms with van der Waals surface area (Å²) in [4.78, 5) is 14.4. The van der Waals surface area contributed by atoms with Crippen molar-refractivity contribution >= 4 is 21.6 Å². The van der Waals surface area contributed by atoms with Crippen molar-refractivity contribution in [2.75, 3.05) is 30.2 Å². The molecule has 1 aliphatic rings. The van der Waals surface area contributed by atoms with Crippen LogP contribution in [0.2, 0.25) is 0 Å². The molecular weight excluding hydrogens is 312 g/mol. The lowest BCUT2D eigenvalue weighted by atomic mass is 10.0. The van der Waals surface area contributed by atoms with E-state index < -0.39 is 10.0 Å². The molecule has 1 aromatic carbocycles. The lowest BCUT2D eigenvalue weighted by molar-refractivity contribution is -0.131. The molecule has 23 heavy (non-hydrogen) atoms. The van der Waals surface area contributed by atoms with E-state index in [1.165, 1.54) is 4.31 Å². The fraction of sp³-hybridized carbons (Fsp3) is 0.588. The Morgan fingerprint density at radius 1 is 1.35 bits per heavy atom. The zero-order valence-electron chi connectivity index (χ0n) is 14.4. The van der Waals surface area contributed by atoms with Gasteiger partial charge in [-0.15, -0.1) is 0 Å². The zero-order chi connectivity index (χ0) is 17.2. The first kappa shape index (κ1) is 17.8. The smallest absolute Gasteiger partial charge is 0.243 e. The molecule has 1 heterocycles. The summed E-state index contributed by atoms with van der Waals surface area (Å²) in [6, 6.07) is 5.58. The number of hydrogen-bond donors (Lipinski definition) is 0. The molecule has 1 saturated heterocycles.